The molecule has 2 aromatic rings. The van der Waals surface area contributed by atoms with Crippen LogP contribution in [0.15, 0.2) is 18.2 Å². The maximum absolute atomic E-state index is 12.9. The normalized spacial score (nSPS) is 14.2. The van der Waals surface area contributed by atoms with E-state index in [0.29, 0.717) is 12.1 Å². The highest BCUT2D eigenvalue weighted by Gasteiger charge is 2.43. The van der Waals surface area contributed by atoms with E-state index in [0.717, 1.165) is 11.5 Å². The van der Waals surface area contributed by atoms with Gasteiger partial charge in [-0.2, -0.15) is 0 Å². The topological polar surface area (TPSA) is 99.6 Å². The van der Waals surface area contributed by atoms with Gasteiger partial charge in [-0.05, 0) is 30.1 Å². The summed E-state index contributed by atoms with van der Waals surface area (Å²) in [6.45, 7) is 1.26. The first-order chi connectivity index (χ1) is 11.9. The van der Waals surface area contributed by atoms with Crippen molar-refractivity contribution in [2.24, 2.45) is 0 Å². The summed E-state index contributed by atoms with van der Waals surface area (Å²) in [4.78, 5) is 23.9. The van der Waals surface area contributed by atoms with Gasteiger partial charge in [-0.25, -0.2) is 4.79 Å². The average molecular weight is 371 g/mol. The number of nitrogens with one attached hydrogen (secondary N) is 1. The number of aromatic nitrogens is 2. The Bertz CT molecular complexity index is 827. The number of alkyl halides is 2. The molecule has 0 bridgehead atoms. The maximum Gasteiger partial charge on any atom is 0.586 e. The van der Waals surface area contributed by atoms with Gasteiger partial charge in [0.05, 0.1) is 5.69 Å². The molecule has 0 radical (unpaired) electrons. The van der Waals surface area contributed by atoms with Crippen LogP contribution in [0.3, 0.4) is 0 Å². The van der Waals surface area contributed by atoms with Crippen molar-refractivity contribution in [3.8, 4) is 11.5 Å². The lowest BCUT2D eigenvalue weighted by molar-refractivity contribution is -0.286. The molecule has 3 rings (SSSR count). The van der Waals surface area contributed by atoms with Crippen molar-refractivity contribution in [3.63, 3.8) is 0 Å². The first kappa shape index (κ1) is 17.0. The first-order valence-corrected chi connectivity index (χ1v) is 7.83. The lowest BCUT2D eigenvalue weighted by Crippen LogP contribution is -2.25. The molecule has 1 aliphatic rings. The summed E-state index contributed by atoms with van der Waals surface area (Å²) in [6.07, 6.45) is -3.23. The molecule has 1 N–H and O–H groups in total. The van der Waals surface area contributed by atoms with Crippen molar-refractivity contribution < 1.29 is 32.6 Å². The third-order valence-corrected chi connectivity index (χ3v) is 3.84. The zero-order chi connectivity index (χ0) is 18.0. The number of benzene rings is 1. The molecule has 8 nitrogen and oxygen atoms in total. The van der Waals surface area contributed by atoms with E-state index < -0.39 is 24.8 Å². The van der Waals surface area contributed by atoms with Crippen molar-refractivity contribution in [2.45, 2.75) is 19.6 Å². The molecule has 0 saturated heterocycles. The van der Waals surface area contributed by atoms with Gasteiger partial charge in [0.15, 0.2) is 23.0 Å². The van der Waals surface area contributed by atoms with E-state index in [4.69, 9.17) is 4.74 Å². The van der Waals surface area contributed by atoms with Crippen molar-refractivity contribution in [1.29, 1.82) is 0 Å². The minimum atomic E-state index is -3.74. The van der Waals surface area contributed by atoms with Crippen molar-refractivity contribution in [1.82, 2.24) is 9.59 Å². The fourth-order valence-corrected chi connectivity index (χ4v) is 2.66. The van der Waals surface area contributed by atoms with E-state index >= 15 is 0 Å². The number of hydrogen-bond donors (Lipinski definition) is 1. The summed E-state index contributed by atoms with van der Waals surface area (Å²) < 4.78 is 43.0. The second kappa shape index (κ2) is 6.59. The number of ether oxygens (including phenoxy) is 3. The van der Waals surface area contributed by atoms with Gasteiger partial charge in [-0.1, -0.05) is 11.4 Å². The number of hydrogen-bond acceptors (Lipinski definition) is 8. The van der Waals surface area contributed by atoms with Gasteiger partial charge in [0.1, 0.15) is 0 Å². The Morgan fingerprint density at radius 3 is 2.84 bits per heavy atom. The maximum atomic E-state index is 12.9. The second-order valence-electron chi connectivity index (χ2n) is 4.86. The highest BCUT2D eigenvalue weighted by atomic mass is 32.1. The summed E-state index contributed by atoms with van der Waals surface area (Å²) in [7, 11) is 0. The van der Waals surface area contributed by atoms with Crippen LogP contribution in [0.1, 0.15) is 22.3 Å². The van der Waals surface area contributed by atoms with Crippen LogP contribution in [-0.2, 0) is 16.0 Å². The number of anilines is 1. The standard InChI is InChI=1S/C14H11F2N3O5S/c1-2-8-12(25-19-18-8)13(21)22-6-11(20)17-7-3-4-9-10(5-7)24-14(15,16)23-9/h3-5H,2,6H2,1H3,(H,17,20). The highest BCUT2D eigenvalue weighted by molar-refractivity contribution is 7.07. The van der Waals surface area contributed by atoms with Crippen molar-refractivity contribution >= 4 is 29.1 Å². The average Bonchev–Trinajstić information content (AvgIpc) is 3.14. The lowest BCUT2D eigenvalue weighted by Gasteiger charge is -2.07. The van der Waals surface area contributed by atoms with Gasteiger partial charge in [-0.15, -0.1) is 13.9 Å². The monoisotopic (exact) mass is 371 g/mol. The number of aryl methyl sites for hydroxylation is 1. The molecule has 132 valence electrons. The minimum Gasteiger partial charge on any atom is -0.451 e. The fourth-order valence-electron chi connectivity index (χ4n) is 2.02. The fraction of sp³-hybridized carbons (Fsp3) is 0.286. The quantitative estimate of drug-likeness (QED) is 0.805. The van der Waals surface area contributed by atoms with Crippen LogP contribution in [0.25, 0.3) is 0 Å². The predicted molar refractivity (Wildman–Crippen MR) is 80.8 cm³/mol. The smallest absolute Gasteiger partial charge is 0.451 e. The number of halogens is 2. The van der Waals surface area contributed by atoms with Gasteiger partial charge < -0.3 is 19.5 Å². The molecule has 0 spiro atoms. The van der Waals surface area contributed by atoms with Gasteiger partial charge in [0.2, 0.25) is 0 Å². The van der Waals surface area contributed by atoms with Crippen LogP contribution < -0.4 is 14.8 Å². The van der Waals surface area contributed by atoms with Crippen molar-refractivity contribution in [3.05, 3.63) is 28.8 Å². The predicted octanol–water partition coefficient (Wildman–Crippen LogP) is 2.22. The molecule has 25 heavy (non-hydrogen) atoms. The molecule has 0 aliphatic carbocycles. The Hall–Kier alpha value is -2.82. The molecule has 11 heteroatoms. The molecule has 0 fully saturated rings. The minimum absolute atomic E-state index is 0.140. The molecule has 0 atom stereocenters. The van der Waals surface area contributed by atoms with Crippen LogP contribution in [0, 0.1) is 0 Å². The number of esters is 1. The molecular formula is C14H11F2N3O5S. The highest BCUT2D eigenvalue weighted by Crippen LogP contribution is 2.42. The zero-order valence-electron chi connectivity index (χ0n) is 12.7. The SMILES string of the molecule is CCc1nnsc1C(=O)OCC(=O)Nc1ccc2c(c1)OC(F)(F)O2. The first-order valence-electron chi connectivity index (χ1n) is 7.06. The molecule has 1 aromatic heterocycles. The Labute approximate surface area is 143 Å². The third kappa shape index (κ3) is 3.82. The summed E-state index contributed by atoms with van der Waals surface area (Å²) in [5.41, 5.74) is 0.682. The van der Waals surface area contributed by atoms with E-state index in [1.807, 2.05) is 6.92 Å². The summed E-state index contributed by atoms with van der Waals surface area (Å²) in [5, 5.41) is 6.18. The molecule has 0 saturated carbocycles. The lowest BCUT2D eigenvalue weighted by atomic mass is 10.3. The summed E-state index contributed by atoms with van der Waals surface area (Å²) in [6, 6.07) is 3.76. The largest absolute Gasteiger partial charge is 0.586 e. The Kier molecular flexibility index (Phi) is 4.49. The number of fused-ring (bicyclic) bond motifs is 1. The Balaban J connectivity index is 1.56. The number of carbonyl (C=O) groups is 2. The van der Waals surface area contributed by atoms with Crippen LogP contribution in [0.2, 0.25) is 0 Å². The molecule has 1 aliphatic heterocycles. The summed E-state index contributed by atoms with van der Waals surface area (Å²) >= 11 is 0.882. The molecule has 0 unspecified atom stereocenters. The third-order valence-electron chi connectivity index (χ3n) is 3.10. The molecular weight excluding hydrogens is 360 g/mol. The van der Waals surface area contributed by atoms with E-state index in [9.17, 15) is 18.4 Å². The second-order valence-corrected chi connectivity index (χ2v) is 5.61. The zero-order valence-corrected chi connectivity index (χ0v) is 13.6. The molecule has 2 heterocycles. The van der Waals surface area contributed by atoms with E-state index in [1.165, 1.54) is 18.2 Å². The van der Waals surface area contributed by atoms with Crippen molar-refractivity contribution in [2.75, 3.05) is 11.9 Å². The Morgan fingerprint density at radius 1 is 1.32 bits per heavy atom. The summed E-state index contributed by atoms with van der Waals surface area (Å²) in [5.74, 6) is -1.69. The van der Waals surface area contributed by atoms with Crippen LogP contribution in [-0.4, -0.2) is 34.4 Å². The van der Waals surface area contributed by atoms with Gasteiger partial charge in [0, 0.05) is 11.8 Å². The van der Waals surface area contributed by atoms with E-state index in [-0.39, 0.29) is 22.1 Å². The number of rotatable bonds is 5. The number of amides is 1. The number of nitrogens with zero attached hydrogens (tertiary/aromatic N) is 2. The molecule has 1 amide bonds. The van der Waals surface area contributed by atoms with Crippen LogP contribution in [0.4, 0.5) is 14.5 Å². The van der Waals surface area contributed by atoms with Crippen LogP contribution >= 0.6 is 11.5 Å². The Morgan fingerprint density at radius 2 is 2.08 bits per heavy atom. The number of carbonyl (C=O) groups excluding carboxylic acids is 2. The van der Waals surface area contributed by atoms with Gasteiger partial charge in [0.25, 0.3) is 5.91 Å². The van der Waals surface area contributed by atoms with Crippen LogP contribution in [0.5, 0.6) is 11.5 Å². The van der Waals surface area contributed by atoms with E-state index in [2.05, 4.69) is 24.4 Å². The molecule has 1 aromatic carbocycles. The van der Waals surface area contributed by atoms with Gasteiger partial charge in [-0.3, -0.25) is 4.79 Å². The van der Waals surface area contributed by atoms with Gasteiger partial charge >= 0.3 is 12.3 Å². The van der Waals surface area contributed by atoms with E-state index in [1.54, 1.807) is 0 Å².